The summed E-state index contributed by atoms with van der Waals surface area (Å²) in [4.78, 5) is 27.3. The van der Waals surface area contributed by atoms with Gasteiger partial charge in [0.05, 0.1) is 13.4 Å². The average Bonchev–Trinajstić information content (AvgIpc) is 3.32. The fraction of sp³-hybridized carbons (Fsp3) is 0.316. The van der Waals surface area contributed by atoms with Crippen molar-refractivity contribution >= 4 is 5.91 Å². The molecule has 0 saturated heterocycles. The second-order valence-electron chi connectivity index (χ2n) is 5.82. The third-order valence-corrected chi connectivity index (χ3v) is 4.33. The lowest BCUT2D eigenvalue weighted by atomic mass is 10.3. The third kappa shape index (κ3) is 3.51. The Morgan fingerprint density at radius 2 is 1.93 bits per heavy atom. The lowest BCUT2D eigenvalue weighted by molar-refractivity contribution is -0.131. The topological polar surface area (TPSA) is 82.5 Å². The van der Waals surface area contributed by atoms with Gasteiger partial charge in [0, 0.05) is 13.1 Å². The minimum atomic E-state index is -0.439. The highest BCUT2D eigenvalue weighted by molar-refractivity contribution is 5.76. The van der Waals surface area contributed by atoms with Gasteiger partial charge in [-0.05, 0) is 38.1 Å². The van der Waals surface area contributed by atoms with Crippen molar-refractivity contribution < 1.29 is 13.9 Å². The van der Waals surface area contributed by atoms with Gasteiger partial charge in [0.25, 0.3) is 0 Å². The highest BCUT2D eigenvalue weighted by atomic mass is 16.5. The number of furan rings is 1. The third-order valence-electron chi connectivity index (χ3n) is 4.33. The summed E-state index contributed by atoms with van der Waals surface area (Å²) in [6, 6.07) is 10.5. The number of amides is 1. The van der Waals surface area contributed by atoms with Gasteiger partial charge in [0.2, 0.25) is 11.7 Å². The first-order valence-corrected chi connectivity index (χ1v) is 8.75. The Kier molecular flexibility index (Phi) is 5.44. The van der Waals surface area contributed by atoms with Gasteiger partial charge in [0.1, 0.15) is 18.0 Å². The number of carbonyl (C=O) groups excluding carboxylic acids is 1. The zero-order chi connectivity index (χ0) is 19.4. The predicted octanol–water partition coefficient (Wildman–Crippen LogP) is 2.17. The first-order chi connectivity index (χ1) is 13.1. The summed E-state index contributed by atoms with van der Waals surface area (Å²) in [6.45, 7) is 4.82. The van der Waals surface area contributed by atoms with Gasteiger partial charge in [-0.3, -0.25) is 9.36 Å². The van der Waals surface area contributed by atoms with Crippen LogP contribution in [0.1, 0.15) is 13.8 Å². The van der Waals surface area contributed by atoms with E-state index in [4.69, 9.17) is 9.15 Å². The summed E-state index contributed by atoms with van der Waals surface area (Å²) in [5.74, 6) is 1.05. The molecule has 1 aromatic carbocycles. The molecular formula is C19H22N4O4. The van der Waals surface area contributed by atoms with Crippen LogP contribution in [-0.4, -0.2) is 45.4 Å². The van der Waals surface area contributed by atoms with Crippen LogP contribution in [0.3, 0.4) is 0 Å². The Hall–Kier alpha value is -3.29. The van der Waals surface area contributed by atoms with Crippen molar-refractivity contribution in [2.75, 3.05) is 20.2 Å². The van der Waals surface area contributed by atoms with Crippen LogP contribution in [0, 0.1) is 0 Å². The minimum Gasteiger partial charge on any atom is -0.494 e. The molecule has 2 aromatic heterocycles. The molecule has 0 aliphatic carbocycles. The standard InChI is InChI=1S/C19H22N4O4/c1-4-21(5-2)17(24)13-22-18(16-11-8-12-27-16)20-23(19(22)25)14-9-6-7-10-15(14)26-3/h6-12H,4-5,13H2,1-3H3. The molecule has 0 radical (unpaired) electrons. The number of hydrogen-bond acceptors (Lipinski definition) is 5. The second-order valence-corrected chi connectivity index (χ2v) is 5.82. The van der Waals surface area contributed by atoms with Crippen molar-refractivity contribution in [3.05, 3.63) is 53.1 Å². The number of carbonyl (C=O) groups is 1. The molecule has 0 saturated carbocycles. The maximum absolute atomic E-state index is 13.1. The number of hydrogen-bond donors (Lipinski definition) is 0. The Labute approximate surface area is 156 Å². The van der Waals surface area contributed by atoms with Crippen LogP contribution < -0.4 is 10.4 Å². The van der Waals surface area contributed by atoms with E-state index in [1.54, 1.807) is 35.2 Å². The summed E-state index contributed by atoms with van der Waals surface area (Å²) < 4.78 is 13.3. The molecule has 27 heavy (non-hydrogen) atoms. The van der Waals surface area contributed by atoms with Crippen molar-refractivity contribution in [3.63, 3.8) is 0 Å². The predicted molar refractivity (Wildman–Crippen MR) is 100 cm³/mol. The van der Waals surface area contributed by atoms with E-state index in [0.29, 0.717) is 30.3 Å². The highest BCUT2D eigenvalue weighted by Gasteiger charge is 2.23. The number of methoxy groups -OCH3 is 1. The normalized spacial score (nSPS) is 10.8. The Balaban J connectivity index is 2.13. The van der Waals surface area contributed by atoms with E-state index in [1.165, 1.54) is 22.6 Å². The first kappa shape index (κ1) is 18.5. The fourth-order valence-corrected chi connectivity index (χ4v) is 2.90. The van der Waals surface area contributed by atoms with E-state index >= 15 is 0 Å². The van der Waals surface area contributed by atoms with E-state index in [1.807, 2.05) is 19.9 Å². The molecule has 8 nitrogen and oxygen atoms in total. The molecule has 0 aliphatic heterocycles. The number of ether oxygens (including phenoxy) is 1. The first-order valence-electron chi connectivity index (χ1n) is 8.75. The Bertz CT molecular complexity index is 968. The van der Waals surface area contributed by atoms with E-state index < -0.39 is 5.69 Å². The average molecular weight is 370 g/mol. The van der Waals surface area contributed by atoms with Gasteiger partial charge in [-0.2, -0.15) is 4.68 Å². The van der Waals surface area contributed by atoms with Crippen molar-refractivity contribution in [2.45, 2.75) is 20.4 Å². The van der Waals surface area contributed by atoms with Crippen LogP contribution >= 0.6 is 0 Å². The number of nitrogens with zero attached hydrogens (tertiary/aromatic N) is 4. The fourth-order valence-electron chi connectivity index (χ4n) is 2.90. The number of likely N-dealkylation sites (N-methyl/N-ethyl adjacent to an activating group) is 1. The van der Waals surface area contributed by atoms with Gasteiger partial charge in [0.15, 0.2) is 5.76 Å². The lowest BCUT2D eigenvalue weighted by Gasteiger charge is -2.18. The SMILES string of the molecule is CCN(CC)C(=O)Cn1c(-c2ccco2)nn(-c2ccccc2OC)c1=O. The molecule has 0 fully saturated rings. The molecule has 0 unspecified atom stereocenters. The van der Waals surface area contributed by atoms with Crippen LogP contribution in [0.15, 0.2) is 51.9 Å². The maximum atomic E-state index is 13.1. The van der Waals surface area contributed by atoms with Gasteiger partial charge < -0.3 is 14.1 Å². The summed E-state index contributed by atoms with van der Waals surface area (Å²) in [5.41, 5.74) is 0.0539. The minimum absolute atomic E-state index is 0.119. The van der Waals surface area contributed by atoms with Gasteiger partial charge in [-0.25, -0.2) is 4.79 Å². The van der Waals surface area contributed by atoms with Crippen LogP contribution in [0.25, 0.3) is 17.3 Å². The van der Waals surface area contributed by atoms with Gasteiger partial charge in [-0.15, -0.1) is 5.10 Å². The molecule has 3 aromatic rings. The molecule has 0 bridgehead atoms. The largest absolute Gasteiger partial charge is 0.494 e. The van der Waals surface area contributed by atoms with Crippen molar-refractivity contribution in [3.8, 4) is 23.0 Å². The molecule has 0 N–H and O–H groups in total. The molecule has 2 heterocycles. The highest BCUT2D eigenvalue weighted by Crippen LogP contribution is 2.22. The van der Waals surface area contributed by atoms with Gasteiger partial charge in [-0.1, -0.05) is 12.1 Å². The summed E-state index contributed by atoms with van der Waals surface area (Å²) >= 11 is 0. The molecule has 3 rings (SSSR count). The molecule has 8 heteroatoms. The zero-order valence-electron chi connectivity index (χ0n) is 15.6. The smallest absolute Gasteiger partial charge is 0.351 e. The number of rotatable bonds is 7. The lowest BCUT2D eigenvalue weighted by Crippen LogP contribution is -2.36. The van der Waals surface area contributed by atoms with E-state index in [2.05, 4.69) is 5.10 Å². The van der Waals surface area contributed by atoms with Crippen LogP contribution in [0.5, 0.6) is 5.75 Å². The summed E-state index contributed by atoms with van der Waals surface area (Å²) in [6.07, 6.45) is 1.50. The summed E-state index contributed by atoms with van der Waals surface area (Å²) in [5, 5.41) is 4.42. The van der Waals surface area contributed by atoms with Crippen LogP contribution in [-0.2, 0) is 11.3 Å². The van der Waals surface area contributed by atoms with Crippen LogP contribution in [0.2, 0.25) is 0 Å². The van der Waals surface area contributed by atoms with Gasteiger partial charge >= 0.3 is 5.69 Å². The monoisotopic (exact) mass is 370 g/mol. The Morgan fingerprint density at radius 3 is 2.56 bits per heavy atom. The van der Waals surface area contributed by atoms with E-state index in [0.717, 1.165) is 0 Å². The molecular weight excluding hydrogens is 348 g/mol. The molecule has 1 amide bonds. The van der Waals surface area contributed by atoms with Crippen molar-refractivity contribution in [1.29, 1.82) is 0 Å². The zero-order valence-corrected chi connectivity index (χ0v) is 15.6. The van der Waals surface area contributed by atoms with Crippen LogP contribution in [0.4, 0.5) is 0 Å². The number of benzene rings is 1. The van der Waals surface area contributed by atoms with E-state index in [9.17, 15) is 9.59 Å². The molecule has 142 valence electrons. The Morgan fingerprint density at radius 1 is 1.19 bits per heavy atom. The molecule has 0 aliphatic rings. The van der Waals surface area contributed by atoms with Crippen molar-refractivity contribution in [1.82, 2.24) is 19.2 Å². The molecule has 0 atom stereocenters. The quantitative estimate of drug-likeness (QED) is 0.637. The molecule has 0 spiro atoms. The van der Waals surface area contributed by atoms with E-state index in [-0.39, 0.29) is 18.3 Å². The number of aromatic nitrogens is 3. The summed E-state index contributed by atoms with van der Waals surface area (Å²) in [7, 11) is 1.53. The number of para-hydroxylation sites is 2. The second kappa shape index (κ2) is 7.94. The maximum Gasteiger partial charge on any atom is 0.351 e. The van der Waals surface area contributed by atoms with Crippen molar-refractivity contribution in [2.24, 2.45) is 0 Å².